The van der Waals surface area contributed by atoms with E-state index in [2.05, 4.69) is 28.0 Å². The van der Waals surface area contributed by atoms with Gasteiger partial charge in [-0.1, -0.05) is 33.6 Å². The fourth-order valence-electron chi connectivity index (χ4n) is 0.888. The van der Waals surface area contributed by atoms with Gasteiger partial charge >= 0.3 is 0 Å². The first-order valence-electron chi connectivity index (χ1n) is 3.95. The van der Waals surface area contributed by atoms with Gasteiger partial charge in [-0.25, -0.2) is 0 Å². The predicted octanol–water partition coefficient (Wildman–Crippen LogP) is 3.17. The van der Waals surface area contributed by atoms with Crippen LogP contribution in [0.4, 0.5) is 0 Å². The van der Waals surface area contributed by atoms with Crippen molar-refractivity contribution in [3.05, 3.63) is 23.1 Å². The highest BCUT2D eigenvalue weighted by Crippen LogP contribution is 2.12. The molecule has 0 fully saturated rings. The summed E-state index contributed by atoms with van der Waals surface area (Å²) < 4.78 is 5.05. The van der Waals surface area contributed by atoms with E-state index in [0.717, 1.165) is 23.2 Å². The Hall–Kier alpha value is -0.570. The van der Waals surface area contributed by atoms with Crippen molar-refractivity contribution in [3.8, 4) is 0 Å². The van der Waals surface area contributed by atoms with Gasteiger partial charge in [0.25, 0.3) is 0 Å². The summed E-state index contributed by atoms with van der Waals surface area (Å²) in [5.74, 6) is 0.837. The molecule has 12 heavy (non-hydrogen) atoms. The Morgan fingerprint density at radius 2 is 2.50 bits per heavy atom. The third kappa shape index (κ3) is 2.48. The molecule has 0 saturated heterocycles. The summed E-state index contributed by atoms with van der Waals surface area (Å²) in [4.78, 5) is 0. The van der Waals surface area contributed by atoms with Gasteiger partial charge in [0.1, 0.15) is 0 Å². The van der Waals surface area contributed by atoms with E-state index >= 15 is 0 Å². The predicted molar refractivity (Wildman–Crippen MR) is 53.3 cm³/mol. The van der Waals surface area contributed by atoms with Crippen molar-refractivity contribution < 1.29 is 4.52 Å². The van der Waals surface area contributed by atoms with E-state index in [1.165, 1.54) is 5.57 Å². The highest BCUT2D eigenvalue weighted by atomic mass is 79.9. The molecule has 2 nitrogen and oxygen atoms in total. The van der Waals surface area contributed by atoms with Gasteiger partial charge in [-0.3, -0.25) is 0 Å². The van der Waals surface area contributed by atoms with Gasteiger partial charge in [0.2, 0.25) is 0 Å². The summed E-state index contributed by atoms with van der Waals surface area (Å²) in [7, 11) is 0. The van der Waals surface area contributed by atoms with E-state index in [1.807, 2.05) is 19.1 Å². The Labute approximate surface area is 80.8 Å². The highest BCUT2D eigenvalue weighted by molar-refractivity contribution is 9.09. The molecule has 0 radical (unpaired) electrons. The Bertz CT molecular complexity index is 272. The molecule has 0 aromatic carbocycles. The zero-order chi connectivity index (χ0) is 8.97. The lowest BCUT2D eigenvalue weighted by Gasteiger charge is -1.94. The molecule has 0 aliphatic heterocycles. The number of aromatic nitrogens is 1. The molecular weight excluding hydrogens is 218 g/mol. The molecule has 1 aromatic heterocycles. The first kappa shape index (κ1) is 9.52. The van der Waals surface area contributed by atoms with Gasteiger partial charge in [-0.05, 0) is 19.4 Å². The van der Waals surface area contributed by atoms with Crippen LogP contribution in [-0.4, -0.2) is 10.5 Å². The topological polar surface area (TPSA) is 26.0 Å². The summed E-state index contributed by atoms with van der Waals surface area (Å²) in [5.41, 5.74) is 2.23. The van der Waals surface area contributed by atoms with Crippen LogP contribution in [0.3, 0.4) is 0 Å². The minimum absolute atomic E-state index is 0.837. The van der Waals surface area contributed by atoms with Crippen LogP contribution < -0.4 is 0 Å². The normalized spacial score (nSPS) is 12.1. The van der Waals surface area contributed by atoms with Crippen LogP contribution in [0, 0.1) is 6.92 Å². The number of hydrogen-bond donors (Lipinski definition) is 0. The SMILES string of the molecule is CC/C(=C\c1cc(C)no1)CBr. The number of nitrogens with zero attached hydrogens (tertiary/aromatic N) is 1. The second kappa shape index (κ2) is 4.45. The zero-order valence-corrected chi connectivity index (χ0v) is 8.89. The smallest absolute Gasteiger partial charge is 0.159 e. The lowest BCUT2D eigenvalue weighted by atomic mass is 10.2. The molecular formula is C9H12BrNO. The molecule has 0 aliphatic rings. The molecule has 1 aromatic rings. The van der Waals surface area contributed by atoms with E-state index < -0.39 is 0 Å². The average Bonchev–Trinajstić information content (AvgIpc) is 2.47. The van der Waals surface area contributed by atoms with Crippen LogP contribution in [0.1, 0.15) is 24.8 Å². The van der Waals surface area contributed by atoms with Crippen molar-refractivity contribution in [1.82, 2.24) is 5.16 Å². The monoisotopic (exact) mass is 229 g/mol. The fourth-order valence-corrected chi connectivity index (χ4v) is 1.45. The Balaban J connectivity index is 2.78. The molecule has 0 atom stereocenters. The van der Waals surface area contributed by atoms with Crippen LogP contribution in [0.15, 0.2) is 16.2 Å². The van der Waals surface area contributed by atoms with Gasteiger partial charge < -0.3 is 4.52 Å². The van der Waals surface area contributed by atoms with Crippen molar-refractivity contribution in [1.29, 1.82) is 0 Å². The molecule has 0 bridgehead atoms. The second-order valence-corrected chi connectivity index (χ2v) is 3.22. The molecule has 0 saturated carbocycles. The number of aryl methyl sites for hydroxylation is 1. The lowest BCUT2D eigenvalue weighted by molar-refractivity contribution is 0.408. The Morgan fingerprint density at radius 1 is 1.75 bits per heavy atom. The minimum atomic E-state index is 0.837. The summed E-state index contributed by atoms with van der Waals surface area (Å²) in [5, 5.41) is 4.70. The standard InChI is InChI=1S/C9H12BrNO/c1-3-8(6-10)5-9-4-7(2)11-12-9/h4-5H,3,6H2,1-2H3/b8-5+. The number of hydrogen-bond acceptors (Lipinski definition) is 2. The quantitative estimate of drug-likeness (QED) is 0.745. The van der Waals surface area contributed by atoms with E-state index in [0.29, 0.717) is 0 Å². The fraction of sp³-hybridized carbons (Fsp3) is 0.444. The number of halogens is 1. The second-order valence-electron chi connectivity index (χ2n) is 2.66. The van der Waals surface area contributed by atoms with Gasteiger partial charge in [-0.2, -0.15) is 0 Å². The molecule has 0 unspecified atom stereocenters. The number of allylic oxidation sites excluding steroid dienone is 1. The van der Waals surface area contributed by atoms with Gasteiger partial charge in [0.15, 0.2) is 5.76 Å². The third-order valence-corrected chi connectivity index (χ3v) is 2.34. The molecule has 3 heteroatoms. The van der Waals surface area contributed by atoms with Gasteiger partial charge in [-0.15, -0.1) is 0 Å². The van der Waals surface area contributed by atoms with Gasteiger partial charge in [0.05, 0.1) is 5.69 Å². The van der Waals surface area contributed by atoms with Crippen LogP contribution in [0.2, 0.25) is 0 Å². The van der Waals surface area contributed by atoms with Crippen molar-refractivity contribution >= 4 is 22.0 Å². The maximum atomic E-state index is 5.05. The Kier molecular flexibility index (Phi) is 3.53. The first-order chi connectivity index (χ1) is 5.76. The summed E-state index contributed by atoms with van der Waals surface area (Å²) in [6, 6.07) is 1.93. The van der Waals surface area contributed by atoms with Crippen molar-refractivity contribution in [2.75, 3.05) is 5.33 Å². The van der Waals surface area contributed by atoms with Crippen LogP contribution >= 0.6 is 15.9 Å². The lowest BCUT2D eigenvalue weighted by Crippen LogP contribution is -1.80. The van der Waals surface area contributed by atoms with Crippen molar-refractivity contribution in [3.63, 3.8) is 0 Å². The van der Waals surface area contributed by atoms with Crippen LogP contribution in [-0.2, 0) is 0 Å². The number of alkyl halides is 1. The van der Waals surface area contributed by atoms with Crippen molar-refractivity contribution in [2.45, 2.75) is 20.3 Å². The molecule has 66 valence electrons. The molecule has 1 rings (SSSR count). The minimum Gasteiger partial charge on any atom is -0.357 e. The summed E-state index contributed by atoms with van der Waals surface area (Å²) in [6.45, 7) is 4.04. The van der Waals surface area contributed by atoms with E-state index in [4.69, 9.17) is 4.52 Å². The number of rotatable bonds is 3. The summed E-state index contributed by atoms with van der Waals surface area (Å²) >= 11 is 3.41. The maximum Gasteiger partial charge on any atom is 0.159 e. The molecule has 0 amide bonds. The molecule has 0 aliphatic carbocycles. The zero-order valence-electron chi connectivity index (χ0n) is 7.30. The molecule has 0 N–H and O–H groups in total. The van der Waals surface area contributed by atoms with Crippen LogP contribution in [0.5, 0.6) is 0 Å². The molecule has 1 heterocycles. The van der Waals surface area contributed by atoms with Crippen molar-refractivity contribution in [2.24, 2.45) is 0 Å². The van der Waals surface area contributed by atoms with E-state index in [1.54, 1.807) is 0 Å². The maximum absolute atomic E-state index is 5.05. The third-order valence-electron chi connectivity index (χ3n) is 1.62. The van der Waals surface area contributed by atoms with E-state index in [9.17, 15) is 0 Å². The summed E-state index contributed by atoms with van der Waals surface area (Å²) in [6.07, 6.45) is 3.06. The van der Waals surface area contributed by atoms with Gasteiger partial charge in [0, 0.05) is 11.4 Å². The van der Waals surface area contributed by atoms with Crippen LogP contribution in [0.25, 0.3) is 6.08 Å². The molecule has 0 spiro atoms. The van der Waals surface area contributed by atoms with E-state index in [-0.39, 0.29) is 0 Å². The largest absolute Gasteiger partial charge is 0.357 e. The Morgan fingerprint density at radius 3 is 2.92 bits per heavy atom. The first-order valence-corrected chi connectivity index (χ1v) is 5.07. The average molecular weight is 230 g/mol. The highest BCUT2D eigenvalue weighted by Gasteiger charge is 1.98.